The topological polar surface area (TPSA) is 18.5 Å². The lowest BCUT2D eigenvalue weighted by atomic mass is 10.1. The van der Waals surface area contributed by atoms with Crippen molar-refractivity contribution < 1.29 is 31.4 Å². The van der Waals surface area contributed by atoms with Gasteiger partial charge in [0.15, 0.2) is 6.17 Å². The zero-order valence-electron chi connectivity index (χ0n) is 14.8. The molecule has 2 rings (SSSR count). The molecular formula is C20H21F5O2. The summed E-state index contributed by atoms with van der Waals surface area (Å²) in [5.41, 5.74) is 1.74. The van der Waals surface area contributed by atoms with Crippen LogP contribution >= 0.6 is 0 Å². The minimum atomic E-state index is -4.84. The third-order valence-electron chi connectivity index (χ3n) is 3.91. The first-order valence-electron chi connectivity index (χ1n) is 8.61. The number of benzene rings is 2. The molecule has 0 saturated heterocycles. The van der Waals surface area contributed by atoms with Crippen molar-refractivity contribution in [2.45, 2.75) is 51.7 Å². The fourth-order valence-corrected chi connectivity index (χ4v) is 2.45. The zero-order valence-corrected chi connectivity index (χ0v) is 14.8. The predicted octanol–water partition coefficient (Wildman–Crippen LogP) is 6.45. The first kappa shape index (κ1) is 21.2. The van der Waals surface area contributed by atoms with Gasteiger partial charge in [0.1, 0.15) is 5.75 Å². The van der Waals surface area contributed by atoms with Crippen LogP contribution in [0.5, 0.6) is 5.75 Å². The highest BCUT2D eigenvalue weighted by molar-refractivity contribution is 5.29. The second kappa shape index (κ2) is 9.69. The molecule has 2 aromatic rings. The zero-order chi connectivity index (χ0) is 19.9. The maximum absolute atomic E-state index is 14.1. The highest BCUT2D eigenvalue weighted by Gasteiger charge is 2.31. The van der Waals surface area contributed by atoms with E-state index in [-0.39, 0.29) is 12.2 Å². The lowest BCUT2D eigenvalue weighted by molar-refractivity contribution is -0.274. The van der Waals surface area contributed by atoms with Gasteiger partial charge in [0.05, 0.1) is 6.61 Å². The van der Waals surface area contributed by atoms with Crippen molar-refractivity contribution in [3.63, 3.8) is 0 Å². The summed E-state index contributed by atoms with van der Waals surface area (Å²) >= 11 is 0. The molecule has 0 radical (unpaired) electrons. The average molecular weight is 388 g/mol. The molecule has 0 spiro atoms. The number of alkyl halides is 5. The minimum absolute atomic E-state index is 0.106. The summed E-state index contributed by atoms with van der Waals surface area (Å²) in [7, 11) is 0. The number of aryl methyl sites for hydroxylation is 1. The lowest BCUT2D eigenvalue weighted by Gasteiger charge is -2.16. The van der Waals surface area contributed by atoms with E-state index >= 15 is 0 Å². The molecule has 0 aliphatic rings. The van der Waals surface area contributed by atoms with E-state index in [1.54, 1.807) is 12.1 Å². The van der Waals surface area contributed by atoms with E-state index in [0.717, 1.165) is 43.5 Å². The average Bonchev–Trinajstić information content (AvgIpc) is 2.64. The summed E-state index contributed by atoms with van der Waals surface area (Å²) in [4.78, 5) is 0. The first-order valence-corrected chi connectivity index (χ1v) is 8.61. The van der Waals surface area contributed by atoms with E-state index in [0.29, 0.717) is 5.56 Å². The third kappa shape index (κ3) is 7.17. The summed E-state index contributed by atoms with van der Waals surface area (Å²) in [6.45, 7) is 2.00. The largest absolute Gasteiger partial charge is 0.573 e. The molecule has 0 fully saturated rings. The maximum Gasteiger partial charge on any atom is 0.573 e. The molecule has 0 bridgehead atoms. The molecule has 0 saturated carbocycles. The third-order valence-corrected chi connectivity index (χ3v) is 3.91. The predicted molar refractivity (Wildman–Crippen MR) is 91.7 cm³/mol. The van der Waals surface area contributed by atoms with Crippen molar-refractivity contribution in [3.8, 4) is 5.75 Å². The summed E-state index contributed by atoms with van der Waals surface area (Å²) in [5, 5.41) is 0. The molecule has 0 aromatic heterocycles. The van der Waals surface area contributed by atoms with E-state index in [9.17, 15) is 22.0 Å². The van der Waals surface area contributed by atoms with Crippen LogP contribution in [0.3, 0.4) is 0 Å². The number of unbranched alkanes of at least 4 members (excludes halogenated alkanes) is 1. The Bertz CT molecular complexity index is 683. The van der Waals surface area contributed by atoms with E-state index in [1.807, 2.05) is 12.1 Å². The van der Waals surface area contributed by atoms with Crippen LogP contribution in [0.15, 0.2) is 48.5 Å². The van der Waals surface area contributed by atoms with Crippen LogP contribution < -0.4 is 4.74 Å². The monoisotopic (exact) mass is 388 g/mol. The Balaban J connectivity index is 1.86. The fraction of sp³-hybridized carbons (Fsp3) is 0.400. The van der Waals surface area contributed by atoms with Gasteiger partial charge in [0, 0.05) is 0 Å². The van der Waals surface area contributed by atoms with Crippen molar-refractivity contribution in [3.05, 3.63) is 65.2 Å². The van der Waals surface area contributed by atoms with Gasteiger partial charge in [-0.05, 0) is 41.7 Å². The second-order valence-corrected chi connectivity index (χ2v) is 6.10. The number of hydrogen-bond acceptors (Lipinski definition) is 2. The number of halogens is 5. The van der Waals surface area contributed by atoms with Crippen molar-refractivity contribution in [1.82, 2.24) is 0 Å². The molecule has 0 aliphatic heterocycles. The standard InChI is InChI=1S/C20H21F5O2/c1-2-3-4-14-5-7-15(8-6-14)13-26-19(22)18(21)16-9-11-17(12-10-16)27-20(23,24)25/h5-12,18-19H,2-4,13H2,1H3. The van der Waals surface area contributed by atoms with Gasteiger partial charge in [-0.15, -0.1) is 13.2 Å². The van der Waals surface area contributed by atoms with Crippen molar-refractivity contribution >= 4 is 0 Å². The van der Waals surface area contributed by atoms with Crippen LogP contribution in [0.25, 0.3) is 0 Å². The fourth-order valence-electron chi connectivity index (χ4n) is 2.45. The molecule has 0 amide bonds. The molecule has 148 valence electrons. The quantitative estimate of drug-likeness (QED) is 0.460. The van der Waals surface area contributed by atoms with E-state index in [1.165, 1.54) is 5.56 Å². The van der Waals surface area contributed by atoms with Crippen LogP contribution in [-0.4, -0.2) is 12.7 Å². The molecule has 2 aromatic carbocycles. The summed E-state index contributed by atoms with van der Waals surface area (Å²) < 4.78 is 73.0. The highest BCUT2D eigenvalue weighted by atomic mass is 19.4. The molecular weight excluding hydrogens is 367 g/mol. The number of rotatable bonds is 9. The van der Waals surface area contributed by atoms with Gasteiger partial charge in [-0.2, -0.15) is 0 Å². The van der Waals surface area contributed by atoms with Gasteiger partial charge in [0.2, 0.25) is 6.36 Å². The normalized spacial score (nSPS) is 14.0. The van der Waals surface area contributed by atoms with Crippen LogP contribution in [0.4, 0.5) is 22.0 Å². The lowest BCUT2D eigenvalue weighted by Crippen LogP contribution is -2.17. The Hall–Kier alpha value is -2.15. The maximum atomic E-state index is 14.1. The first-order chi connectivity index (χ1) is 12.8. The molecule has 2 nitrogen and oxygen atoms in total. The van der Waals surface area contributed by atoms with Crippen LogP contribution in [0, 0.1) is 0 Å². The van der Waals surface area contributed by atoms with Gasteiger partial charge in [0.25, 0.3) is 0 Å². The van der Waals surface area contributed by atoms with Gasteiger partial charge >= 0.3 is 6.36 Å². The summed E-state index contributed by atoms with van der Waals surface area (Å²) in [5.74, 6) is -0.502. The second-order valence-electron chi connectivity index (χ2n) is 6.10. The molecule has 7 heteroatoms. The Morgan fingerprint density at radius 3 is 2.04 bits per heavy atom. The van der Waals surface area contributed by atoms with Crippen LogP contribution in [0.2, 0.25) is 0 Å². The van der Waals surface area contributed by atoms with E-state index in [4.69, 9.17) is 4.74 Å². The summed E-state index contributed by atoms with van der Waals surface area (Å²) in [6.07, 6.45) is -6.06. The van der Waals surface area contributed by atoms with Crippen molar-refractivity contribution in [2.24, 2.45) is 0 Å². The molecule has 2 unspecified atom stereocenters. The summed E-state index contributed by atoms with van der Waals surface area (Å²) in [6, 6.07) is 11.4. The van der Waals surface area contributed by atoms with Crippen molar-refractivity contribution in [2.75, 3.05) is 0 Å². The Labute approximate surface area is 154 Å². The molecule has 0 aliphatic carbocycles. The highest BCUT2D eigenvalue weighted by Crippen LogP contribution is 2.29. The van der Waals surface area contributed by atoms with Gasteiger partial charge in [-0.3, -0.25) is 0 Å². The van der Waals surface area contributed by atoms with Gasteiger partial charge in [-0.1, -0.05) is 49.7 Å². The van der Waals surface area contributed by atoms with Gasteiger partial charge < -0.3 is 9.47 Å². The van der Waals surface area contributed by atoms with Gasteiger partial charge in [-0.25, -0.2) is 8.78 Å². The van der Waals surface area contributed by atoms with E-state index in [2.05, 4.69) is 11.7 Å². The molecule has 0 heterocycles. The SMILES string of the molecule is CCCCc1ccc(COC(F)C(F)c2ccc(OC(F)(F)F)cc2)cc1. The Kier molecular flexibility index (Phi) is 7.59. The smallest absolute Gasteiger partial charge is 0.406 e. The molecule has 27 heavy (non-hydrogen) atoms. The Morgan fingerprint density at radius 2 is 1.48 bits per heavy atom. The van der Waals surface area contributed by atoms with E-state index < -0.39 is 24.6 Å². The minimum Gasteiger partial charge on any atom is -0.406 e. The van der Waals surface area contributed by atoms with Crippen molar-refractivity contribution in [1.29, 1.82) is 0 Å². The Morgan fingerprint density at radius 1 is 0.889 bits per heavy atom. The van der Waals surface area contributed by atoms with Crippen LogP contribution in [0.1, 0.15) is 42.6 Å². The molecule has 2 atom stereocenters. The van der Waals surface area contributed by atoms with Crippen LogP contribution in [-0.2, 0) is 17.8 Å². The number of ether oxygens (including phenoxy) is 2. The number of hydrogen-bond donors (Lipinski definition) is 0. The molecule has 0 N–H and O–H groups in total.